The van der Waals surface area contributed by atoms with E-state index >= 15 is 0 Å². The number of carbonyl (C=O) groups excluding carboxylic acids is 2. The number of amides is 1. The largest absolute Gasteiger partial charge is 0.460 e. The fraction of sp³-hybridized carbons (Fsp3) is 0.471. The number of aromatic amines is 2. The van der Waals surface area contributed by atoms with Crippen molar-refractivity contribution in [3.63, 3.8) is 0 Å². The quantitative estimate of drug-likeness (QED) is 0.758. The van der Waals surface area contributed by atoms with Gasteiger partial charge in [-0.05, 0) is 33.3 Å². The Morgan fingerprint density at radius 3 is 2.58 bits per heavy atom. The Balaban J connectivity index is 2.02. The Kier molecular flexibility index (Phi) is 5.59. The fourth-order valence-electron chi connectivity index (χ4n) is 2.34. The van der Waals surface area contributed by atoms with Crippen molar-refractivity contribution in [2.45, 2.75) is 39.2 Å². The van der Waals surface area contributed by atoms with E-state index in [4.69, 9.17) is 4.74 Å². The molecule has 2 aromatic heterocycles. The smallest absolute Gasteiger partial charge is 0.327 e. The second-order valence-corrected chi connectivity index (χ2v) is 6.95. The molecule has 0 bridgehead atoms. The standard InChI is InChI=1S/C17H22N4O5/c1-17(2,3)26-12(22)6-5-7-21(4)15(24)10-8-11-13(18-9-10)19-16(25)20-14(11)23/h8-9H,5-7H2,1-4H3,(H2,18,19,20,23,25). The normalized spacial score (nSPS) is 11.4. The van der Waals surface area contributed by atoms with E-state index in [-0.39, 0.29) is 34.9 Å². The predicted octanol–water partition coefficient (Wildman–Crippen LogP) is 0.805. The Labute approximate surface area is 149 Å². The lowest BCUT2D eigenvalue weighted by Gasteiger charge is -2.20. The van der Waals surface area contributed by atoms with Gasteiger partial charge in [0.05, 0.1) is 10.9 Å². The van der Waals surface area contributed by atoms with E-state index in [0.717, 1.165) is 0 Å². The van der Waals surface area contributed by atoms with Crippen LogP contribution in [0.3, 0.4) is 0 Å². The number of nitrogens with zero attached hydrogens (tertiary/aromatic N) is 2. The molecule has 0 spiro atoms. The van der Waals surface area contributed by atoms with Crippen LogP contribution in [-0.2, 0) is 9.53 Å². The highest BCUT2D eigenvalue weighted by molar-refractivity contribution is 5.96. The number of nitrogens with one attached hydrogen (secondary N) is 2. The SMILES string of the molecule is CN(CCCC(=O)OC(C)(C)C)C(=O)c1cnc2[nH]c(=O)[nH]c(=O)c2c1. The van der Waals surface area contributed by atoms with Crippen LogP contribution in [0.5, 0.6) is 0 Å². The molecule has 26 heavy (non-hydrogen) atoms. The summed E-state index contributed by atoms with van der Waals surface area (Å²) in [6, 6.07) is 1.38. The predicted molar refractivity (Wildman–Crippen MR) is 95.0 cm³/mol. The molecule has 9 heteroatoms. The van der Waals surface area contributed by atoms with Gasteiger partial charge in [-0.3, -0.25) is 24.4 Å². The Morgan fingerprint density at radius 2 is 1.92 bits per heavy atom. The highest BCUT2D eigenvalue weighted by atomic mass is 16.6. The van der Waals surface area contributed by atoms with Crippen molar-refractivity contribution >= 4 is 22.9 Å². The first kappa shape index (κ1) is 19.4. The lowest BCUT2D eigenvalue weighted by Crippen LogP contribution is -2.29. The monoisotopic (exact) mass is 362 g/mol. The number of hydrogen-bond acceptors (Lipinski definition) is 6. The van der Waals surface area contributed by atoms with Crippen molar-refractivity contribution in [1.29, 1.82) is 0 Å². The molecular weight excluding hydrogens is 340 g/mol. The summed E-state index contributed by atoms with van der Waals surface area (Å²) in [5.41, 5.74) is -1.48. The van der Waals surface area contributed by atoms with E-state index in [1.54, 1.807) is 27.8 Å². The van der Waals surface area contributed by atoms with E-state index in [0.29, 0.717) is 13.0 Å². The van der Waals surface area contributed by atoms with Gasteiger partial charge in [0.1, 0.15) is 11.2 Å². The highest BCUT2D eigenvalue weighted by Crippen LogP contribution is 2.11. The third-order valence-electron chi connectivity index (χ3n) is 3.48. The van der Waals surface area contributed by atoms with Crippen LogP contribution in [0.1, 0.15) is 44.0 Å². The number of ether oxygens (including phenoxy) is 1. The van der Waals surface area contributed by atoms with Crippen molar-refractivity contribution in [2.24, 2.45) is 0 Å². The highest BCUT2D eigenvalue weighted by Gasteiger charge is 2.17. The maximum Gasteiger partial charge on any atom is 0.327 e. The van der Waals surface area contributed by atoms with Gasteiger partial charge in [-0.15, -0.1) is 0 Å². The van der Waals surface area contributed by atoms with Crippen LogP contribution in [0.15, 0.2) is 21.9 Å². The van der Waals surface area contributed by atoms with Crippen molar-refractivity contribution in [1.82, 2.24) is 19.9 Å². The average Bonchev–Trinajstić information content (AvgIpc) is 2.52. The van der Waals surface area contributed by atoms with Gasteiger partial charge in [0.15, 0.2) is 0 Å². The Bertz CT molecular complexity index is 939. The van der Waals surface area contributed by atoms with Crippen molar-refractivity contribution in [3.8, 4) is 0 Å². The number of rotatable bonds is 5. The van der Waals surface area contributed by atoms with Crippen LogP contribution >= 0.6 is 0 Å². The number of pyridine rings is 1. The van der Waals surface area contributed by atoms with Gasteiger partial charge in [0.25, 0.3) is 11.5 Å². The van der Waals surface area contributed by atoms with Gasteiger partial charge < -0.3 is 9.64 Å². The van der Waals surface area contributed by atoms with Gasteiger partial charge in [-0.2, -0.15) is 0 Å². The zero-order chi connectivity index (χ0) is 19.5. The van der Waals surface area contributed by atoms with Crippen LogP contribution in [0.25, 0.3) is 11.0 Å². The molecule has 2 N–H and O–H groups in total. The van der Waals surface area contributed by atoms with Crippen molar-refractivity contribution in [2.75, 3.05) is 13.6 Å². The second kappa shape index (κ2) is 7.51. The molecule has 0 aliphatic rings. The number of H-pyrrole nitrogens is 2. The molecule has 2 heterocycles. The average molecular weight is 362 g/mol. The zero-order valence-electron chi connectivity index (χ0n) is 15.2. The molecule has 1 amide bonds. The molecule has 0 aromatic carbocycles. The molecule has 0 saturated carbocycles. The molecular formula is C17H22N4O5. The molecule has 0 atom stereocenters. The minimum atomic E-state index is -0.659. The maximum absolute atomic E-state index is 12.5. The third-order valence-corrected chi connectivity index (χ3v) is 3.48. The number of fused-ring (bicyclic) bond motifs is 1. The lowest BCUT2D eigenvalue weighted by atomic mass is 10.2. The van der Waals surface area contributed by atoms with Crippen LogP contribution in [-0.4, -0.2) is 50.9 Å². The summed E-state index contributed by atoms with van der Waals surface area (Å²) in [6.45, 7) is 5.73. The molecule has 0 aliphatic heterocycles. The van der Waals surface area contributed by atoms with Gasteiger partial charge >= 0.3 is 11.7 Å². The molecule has 9 nitrogen and oxygen atoms in total. The minimum Gasteiger partial charge on any atom is -0.460 e. The molecule has 0 radical (unpaired) electrons. The second-order valence-electron chi connectivity index (χ2n) is 6.95. The first-order valence-corrected chi connectivity index (χ1v) is 8.16. The van der Waals surface area contributed by atoms with Gasteiger partial charge in [0, 0.05) is 26.2 Å². The van der Waals surface area contributed by atoms with Crippen molar-refractivity contribution < 1.29 is 14.3 Å². The van der Waals surface area contributed by atoms with Crippen LogP contribution < -0.4 is 11.2 Å². The molecule has 0 unspecified atom stereocenters. The summed E-state index contributed by atoms with van der Waals surface area (Å²) in [5, 5.41) is 0.123. The number of aromatic nitrogens is 3. The summed E-state index contributed by atoms with van der Waals surface area (Å²) in [7, 11) is 1.60. The van der Waals surface area contributed by atoms with Crippen LogP contribution in [0.4, 0.5) is 0 Å². The molecule has 0 saturated heterocycles. The zero-order valence-corrected chi connectivity index (χ0v) is 15.2. The summed E-state index contributed by atoms with van der Waals surface area (Å²) in [5.74, 6) is -0.657. The summed E-state index contributed by atoms with van der Waals surface area (Å²) in [4.78, 5) is 57.1. The van der Waals surface area contributed by atoms with E-state index in [1.165, 1.54) is 17.2 Å². The number of carbonyl (C=O) groups is 2. The van der Waals surface area contributed by atoms with E-state index in [2.05, 4.69) is 15.0 Å². The fourth-order valence-corrected chi connectivity index (χ4v) is 2.34. The van der Waals surface area contributed by atoms with E-state index < -0.39 is 16.9 Å². The van der Waals surface area contributed by atoms with Crippen LogP contribution in [0.2, 0.25) is 0 Å². The van der Waals surface area contributed by atoms with Gasteiger partial charge in [0.2, 0.25) is 0 Å². The lowest BCUT2D eigenvalue weighted by molar-refractivity contribution is -0.154. The maximum atomic E-state index is 12.5. The first-order valence-electron chi connectivity index (χ1n) is 8.16. The molecule has 140 valence electrons. The summed E-state index contributed by atoms with van der Waals surface area (Å²) < 4.78 is 5.22. The van der Waals surface area contributed by atoms with Crippen LogP contribution in [0, 0.1) is 0 Å². The number of hydrogen-bond donors (Lipinski definition) is 2. The van der Waals surface area contributed by atoms with Crippen molar-refractivity contribution in [3.05, 3.63) is 38.7 Å². The minimum absolute atomic E-state index is 0.114. The third kappa shape index (κ3) is 5.01. The molecule has 0 aliphatic carbocycles. The van der Waals surface area contributed by atoms with E-state index in [9.17, 15) is 19.2 Å². The molecule has 2 rings (SSSR count). The molecule has 2 aromatic rings. The number of esters is 1. The molecule has 0 fully saturated rings. The summed E-state index contributed by atoms with van der Waals surface area (Å²) in [6.07, 6.45) is 1.95. The Hall–Kier alpha value is -2.97. The van der Waals surface area contributed by atoms with Gasteiger partial charge in [-0.25, -0.2) is 9.78 Å². The summed E-state index contributed by atoms with van der Waals surface area (Å²) >= 11 is 0. The van der Waals surface area contributed by atoms with Gasteiger partial charge in [-0.1, -0.05) is 0 Å². The Morgan fingerprint density at radius 1 is 1.23 bits per heavy atom. The first-order chi connectivity index (χ1) is 12.1. The van der Waals surface area contributed by atoms with E-state index in [1.807, 2.05) is 0 Å². The topological polar surface area (TPSA) is 125 Å².